The lowest BCUT2D eigenvalue weighted by Crippen LogP contribution is -2.66. The van der Waals surface area contributed by atoms with Crippen LogP contribution in [-0.4, -0.2) is 31.7 Å². The Balaban J connectivity index is 1.31. The van der Waals surface area contributed by atoms with Crippen molar-refractivity contribution in [2.75, 3.05) is 0 Å². The van der Waals surface area contributed by atoms with Crippen molar-refractivity contribution in [2.24, 2.45) is 11.8 Å². The molecule has 1 amide bonds. The zero-order valence-corrected chi connectivity index (χ0v) is 16.0. The van der Waals surface area contributed by atoms with Crippen molar-refractivity contribution in [3.05, 3.63) is 41.2 Å². The summed E-state index contributed by atoms with van der Waals surface area (Å²) in [5.41, 5.74) is 0.842. The van der Waals surface area contributed by atoms with Gasteiger partial charge in [-0.2, -0.15) is 4.80 Å². The topological polar surface area (TPSA) is 72.7 Å². The van der Waals surface area contributed by atoms with Gasteiger partial charge in [0, 0.05) is 17.0 Å². The Labute approximate surface area is 163 Å². The highest BCUT2D eigenvalue weighted by Crippen LogP contribution is 2.60. The molecule has 0 aliphatic heterocycles. The minimum Gasteiger partial charge on any atom is -0.351 e. The minimum absolute atomic E-state index is 0.0728. The van der Waals surface area contributed by atoms with Gasteiger partial charge in [0.05, 0.1) is 5.54 Å². The van der Waals surface area contributed by atoms with Crippen molar-refractivity contribution in [3.8, 4) is 0 Å². The number of benzene rings is 1. The van der Waals surface area contributed by atoms with Crippen LogP contribution in [0, 0.1) is 11.8 Å². The van der Waals surface area contributed by atoms with E-state index in [4.69, 9.17) is 11.6 Å². The summed E-state index contributed by atoms with van der Waals surface area (Å²) in [7, 11) is 0. The maximum Gasteiger partial charge on any atom is 0.220 e. The second-order valence-electron chi connectivity index (χ2n) is 8.83. The standard InChI is InChI=1S/C20H24ClN5O/c21-17-4-2-1-3-16(17)5-6-18(27)24-19-8-14-7-15(9-19)11-20(10-14,12-19)26-23-13-22-25-26/h1-4,13-15H,5-12H2,(H,24,27). The van der Waals surface area contributed by atoms with Crippen molar-refractivity contribution in [3.63, 3.8) is 0 Å². The van der Waals surface area contributed by atoms with Gasteiger partial charge in [0.25, 0.3) is 0 Å². The molecule has 4 saturated carbocycles. The van der Waals surface area contributed by atoms with Gasteiger partial charge in [-0.05, 0) is 73.6 Å². The summed E-state index contributed by atoms with van der Waals surface area (Å²) < 4.78 is 0. The molecule has 1 heterocycles. The first-order valence-electron chi connectivity index (χ1n) is 9.84. The number of amides is 1. The molecule has 1 N–H and O–H groups in total. The van der Waals surface area contributed by atoms with E-state index in [1.807, 2.05) is 29.1 Å². The summed E-state index contributed by atoms with van der Waals surface area (Å²) in [4.78, 5) is 14.6. The summed E-state index contributed by atoms with van der Waals surface area (Å²) in [6.07, 6.45) is 9.23. The predicted molar refractivity (Wildman–Crippen MR) is 101 cm³/mol. The number of tetrazole rings is 1. The molecule has 0 spiro atoms. The largest absolute Gasteiger partial charge is 0.351 e. The summed E-state index contributed by atoms with van der Waals surface area (Å²) in [5, 5.41) is 16.7. The fraction of sp³-hybridized carbons (Fsp3) is 0.600. The van der Waals surface area contributed by atoms with Gasteiger partial charge in [0.2, 0.25) is 5.91 Å². The van der Waals surface area contributed by atoms with Crippen molar-refractivity contribution in [1.82, 2.24) is 25.5 Å². The monoisotopic (exact) mass is 385 g/mol. The van der Waals surface area contributed by atoms with Gasteiger partial charge in [-0.25, -0.2) is 0 Å². The summed E-state index contributed by atoms with van der Waals surface area (Å²) in [6.45, 7) is 0. The maximum absolute atomic E-state index is 12.8. The third-order valence-corrected chi connectivity index (χ3v) is 7.16. The van der Waals surface area contributed by atoms with E-state index < -0.39 is 0 Å². The lowest BCUT2D eigenvalue weighted by molar-refractivity contribution is -0.131. The van der Waals surface area contributed by atoms with Crippen molar-refractivity contribution >= 4 is 17.5 Å². The van der Waals surface area contributed by atoms with Gasteiger partial charge >= 0.3 is 0 Å². The van der Waals surface area contributed by atoms with Gasteiger partial charge in [0.1, 0.15) is 0 Å². The summed E-state index contributed by atoms with van der Waals surface area (Å²) >= 11 is 6.23. The van der Waals surface area contributed by atoms with E-state index in [1.165, 1.54) is 12.7 Å². The molecule has 1 aromatic heterocycles. The van der Waals surface area contributed by atoms with Crippen LogP contribution in [0.5, 0.6) is 0 Å². The van der Waals surface area contributed by atoms with Crippen LogP contribution in [0.3, 0.4) is 0 Å². The van der Waals surface area contributed by atoms with Gasteiger partial charge in [-0.1, -0.05) is 29.8 Å². The van der Waals surface area contributed by atoms with E-state index in [-0.39, 0.29) is 17.0 Å². The van der Waals surface area contributed by atoms with Crippen molar-refractivity contribution < 1.29 is 4.79 Å². The molecule has 0 radical (unpaired) electrons. The number of nitrogens with one attached hydrogen (secondary N) is 1. The first-order valence-corrected chi connectivity index (χ1v) is 10.2. The molecular weight excluding hydrogens is 362 g/mol. The van der Waals surface area contributed by atoms with Crippen molar-refractivity contribution in [2.45, 2.75) is 62.4 Å². The van der Waals surface area contributed by atoms with Crippen LogP contribution in [0.15, 0.2) is 30.6 Å². The lowest BCUT2D eigenvalue weighted by atomic mass is 9.50. The average molecular weight is 386 g/mol. The summed E-state index contributed by atoms with van der Waals surface area (Å²) in [6, 6.07) is 7.75. The molecule has 27 heavy (non-hydrogen) atoms. The van der Waals surface area contributed by atoms with E-state index in [1.54, 1.807) is 0 Å². The second-order valence-corrected chi connectivity index (χ2v) is 9.24. The minimum atomic E-state index is -0.116. The molecule has 142 valence electrons. The Hall–Kier alpha value is -1.95. The molecule has 2 aromatic rings. The molecule has 4 aliphatic rings. The predicted octanol–water partition coefficient (Wildman–Crippen LogP) is 3.12. The van der Waals surface area contributed by atoms with Crippen LogP contribution in [0.4, 0.5) is 0 Å². The SMILES string of the molecule is O=C(CCc1ccccc1Cl)NC12CC3CC(C1)CC(n1ncnn1)(C3)C2. The number of aromatic nitrogens is 4. The number of aryl methyl sites for hydroxylation is 1. The number of hydrogen-bond acceptors (Lipinski definition) is 4. The number of rotatable bonds is 5. The van der Waals surface area contributed by atoms with Crippen LogP contribution < -0.4 is 5.32 Å². The molecule has 4 aliphatic carbocycles. The highest BCUT2D eigenvalue weighted by molar-refractivity contribution is 6.31. The van der Waals surface area contributed by atoms with E-state index in [0.717, 1.165) is 42.7 Å². The average Bonchev–Trinajstić information content (AvgIpc) is 3.15. The van der Waals surface area contributed by atoms with Crippen LogP contribution in [0.25, 0.3) is 0 Å². The normalized spacial score (nSPS) is 34.0. The number of hydrogen-bond donors (Lipinski definition) is 1. The Morgan fingerprint density at radius 3 is 2.70 bits per heavy atom. The zero-order valence-electron chi connectivity index (χ0n) is 15.3. The first kappa shape index (κ1) is 17.2. The molecule has 6 nitrogen and oxygen atoms in total. The fourth-order valence-corrected chi connectivity index (χ4v) is 6.52. The molecule has 1 aromatic carbocycles. The number of carbonyl (C=O) groups is 1. The van der Waals surface area contributed by atoms with E-state index in [2.05, 4.69) is 20.7 Å². The third-order valence-electron chi connectivity index (χ3n) is 6.79. The van der Waals surface area contributed by atoms with Gasteiger partial charge in [0.15, 0.2) is 6.33 Å². The molecule has 0 saturated heterocycles. The van der Waals surface area contributed by atoms with E-state index in [0.29, 0.717) is 24.7 Å². The lowest BCUT2D eigenvalue weighted by Gasteiger charge is -2.61. The highest BCUT2D eigenvalue weighted by Gasteiger charge is 2.60. The van der Waals surface area contributed by atoms with Crippen LogP contribution >= 0.6 is 11.6 Å². The summed E-state index contributed by atoms with van der Waals surface area (Å²) in [5.74, 6) is 1.40. The fourth-order valence-electron chi connectivity index (χ4n) is 6.29. The van der Waals surface area contributed by atoms with Crippen LogP contribution in [0.1, 0.15) is 50.5 Å². The van der Waals surface area contributed by atoms with E-state index >= 15 is 0 Å². The number of carbonyl (C=O) groups excluding carboxylic acids is 1. The Morgan fingerprint density at radius 1 is 1.22 bits per heavy atom. The maximum atomic E-state index is 12.8. The molecule has 2 atom stereocenters. The molecule has 7 heteroatoms. The van der Waals surface area contributed by atoms with Crippen LogP contribution in [0.2, 0.25) is 5.02 Å². The van der Waals surface area contributed by atoms with Gasteiger partial charge in [-0.15, -0.1) is 10.2 Å². The van der Waals surface area contributed by atoms with Gasteiger partial charge < -0.3 is 5.32 Å². The highest BCUT2D eigenvalue weighted by atomic mass is 35.5. The third kappa shape index (κ3) is 3.04. The molecule has 4 fully saturated rings. The zero-order chi connectivity index (χ0) is 18.5. The number of nitrogens with zero attached hydrogens (tertiary/aromatic N) is 4. The quantitative estimate of drug-likeness (QED) is 0.858. The molecule has 2 unspecified atom stereocenters. The molecular formula is C20H24ClN5O. The Kier molecular flexibility index (Phi) is 4.00. The first-order chi connectivity index (χ1) is 13.1. The Morgan fingerprint density at radius 2 is 2.00 bits per heavy atom. The second kappa shape index (κ2) is 6.30. The van der Waals surface area contributed by atoms with Crippen molar-refractivity contribution in [1.29, 1.82) is 0 Å². The van der Waals surface area contributed by atoms with Gasteiger partial charge in [-0.3, -0.25) is 4.79 Å². The van der Waals surface area contributed by atoms with Crippen LogP contribution in [-0.2, 0) is 16.8 Å². The molecule has 4 bridgehead atoms. The molecule has 6 rings (SSSR count). The Bertz CT molecular complexity index is 838. The smallest absolute Gasteiger partial charge is 0.220 e. The number of halogens is 1. The van der Waals surface area contributed by atoms with E-state index in [9.17, 15) is 4.79 Å².